The zero-order chi connectivity index (χ0) is 21.1. The van der Waals surface area contributed by atoms with Gasteiger partial charge in [-0.3, -0.25) is 24.8 Å². The third-order valence-electron chi connectivity index (χ3n) is 4.34. The fraction of sp³-hybridized carbons (Fsp3) is 0.0952. The van der Waals surface area contributed by atoms with Crippen LogP contribution in [0.3, 0.4) is 0 Å². The van der Waals surface area contributed by atoms with Crippen LogP contribution in [0, 0.1) is 10.1 Å². The number of aromatic nitrogens is 1. The molecule has 1 fully saturated rings. The van der Waals surface area contributed by atoms with Crippen LogP contribution in [-0.4, -0.2) is 32.4 Å². The van der Waals surface area contributed by atoms with Crippen LogP contribution in [0.1, 0.15) is 12.7 Å². The summed E-state index contributed by atoms with van der Waals surface area (Å²) in [5.41, 5.74) is 0.996. The van der Waals surface area contributed by atoms with Crippen molar-refractivity contribution in [3.8, 4) is 11.3 Å². The average molecular weight is 420 g/mol. The lowest BCUT2D eigenvalue weighted by Crippen LogP contribution is -2.28. The molecule has 1 saturated heterocycles. The van der Waals surface area contributed by atoms with Crippen LogP contribution in [-0.2, 0) is 4.79 Å². The van der Waals surface area contributed by atoms with Crippen LogP contribution in [0.2, 0.25) is 0 Å². The van der Waals surface area contributed by atoms with Gasteiger partial charge in [0, 0.05) is 24.9 Å². The summed E-state index contributed by atoms with van der Waals surface area (Å²) >= 11 is 1.25. The average Bonchev–Trinajstić information content (AvgIpc) is 3.33. The smallest absolute Gasteiger partial charge is 0.280 e. The van der Waals surface area contributed by atoms with E-state index in [9.17, 15) is 14.9 Å². The second kappa shape index (κ2) is 8.34. The highest BCUT2D eigenvalue weighted by molar-refractivity contribution is 8.18. The van der Waals surface area contributed by atoms with Gasteiger partial charge in [-0.2, -0.15) is 0 Å². The first-order valence-corrected chi connectivity index (χ1v) is 9.92. The van der Waals surface area contributed by atoms with E-state index < -0.39 is 4.92 Å². The number of benzene rings is 1. The van der Waals surface area contributed by atoms with Crippen molar-refractivity contribution in [1.82, 2.24) is 9.88 Å². The molecule has 0 atom stereocenters. The molecule has 1 aromatic carbocycles. The third-order valence-corrected chi connectivity index (χ3v) is 5.35. The van der Waals surface area contributed by atoms with Gasteiger partial charge in [-0.05, 0) is 49.0 Å². The van der Waals surface area contributed by atoms with Crippen molar-refractivity contribution in [1.29, 1.82) is 0 Å². The highest BCUT2D eigenvalue weighted by Crippen LogP contribution is 2.36. The van der Waals surface area contributed by atoms with E-state index in [0.717, 1.165) is 0 Å². The number of nitro groups is 1. The van der Waals surface area contributed by atoms with Gasteiger partial charge < -0.3 is 4.42 Å². The second-order valence-corrected chi connectivity index (χ2v) is 7.25. The van der Waals surface area contributed by atoms with Crippen molar-refractivity contribution in [3.63, 3.8) is 0 Å². The van der Waals surface area contributed by atoms with E-state index in [1.54, 1.807) is 59.8 Å². The van der Waals surface area contributed by atoms with Crippen LogP contribution >= 0.6 is 11.8 Å². The molecule has 1 aliphatic heterocycles. The second-order valence-electron chi connectivity index (χ2n) is 6.24. The van der Waals surface area contributed by atoms with E-state index in [0.29, 0.717) is 39.4 Å². The number of amides is 1. The highest BCUT2D eigenvalue weighted by Gasteiger charge is 2.32. The monoisotopic (exact) mass is 420 g/mol. The van der Waals surface area contributed by atoms with Gasteiger partial charge in [0.15, 0.2) is 5.17 Å². The number of hydrogen-bond acceptors (Lipinski definition) is 7. The number of nitrogens with zero attached hydrogens (tertiary/aromatic N) is 4. The van der Waals surface area contributed by atoms with Gasteiger partial charge in [-0.15, -0.1) is 0 Å². The van der Waals surface area contributed by atoms with Gasteiger partial charge in [0.1, 0.15) is 11.5 Å². The van der Waals surface area contributed by atoms with E-state index >= 15 is 0 Å². The van der Waals surface area contributed by atoms with E-state index in [2.05, 4.69) is 9.98 Å². The Morgan fingerprint density at radius 3 is 2.80 bits per heavy atom. The van der Waals surface area contributed by atoms with E-state index in [1.807, 2.05) is 13.0 Å². The van der Waals surface area contributed by atoms with Gasteiger partial charge in [0.2, 0.25) is 0 Å². The summed E-state index contributed by atoms with van der Waals surface area (Å²) in [6, 6.07) is 13.3. The molecule has 30 heavy (non-hydrogen) atoms. The number of aliphatic imine (C=N–C) groups is 1. The maximum atomic E-state index is 12.8. The lowest BCUT2D eigenvalue weighted by molar-refractivity contribution is -0.384. The highest BCUT2D eigenvalue weighted by atomic mass is 32.2. The fourth-order valence-corrected chi connectivity index (χ4v) is 3.99. The predicted octanol–water partition coefficient (Wildman–Crippen LogP) is 4.87. The van der Waals surface area contributed by atoms with Crippen molar-refractivity contribution in [2.24, 2.45) is 4.99 Å². The number of hydrogen-bond donors (Lipinski definition) is 0. The molecule has 9 heteroatoms. The summed E-state index contributed by atoms with van der Waals surface area (Å²) in [6.45, 7) is 2.35. The number of likely N-dealkylation sites (N-methyl/N-ethyl adjacent to an activating group) is 1. The Morgan fingerprint density at radius 2 is 2.07 bits per heavy atom. The van der Waals surface area contributed by atoms with Crippen LogP contribution in [0.4, 0.5) is 11.4 Å². The quantitative estimate of drug-likeness (QED) is 0.331. The molecular formula is C21H16N4O4S. The van der Waals surface area contributed by atoms with Crippen molar-refractivity contribution in [3.05, 3.63) is 81.7 Å². The predicted molar refractivity (Wildman–Crippen MR) is 115 cm³/mol. The molecule has 8 nitrogen and oxygen atoms in total. The molecule has 3 heterocycles. The fourth-order valence-electron chi connectivity index (χ4n) is 2.95. The number of rotatable bonds is 5. The first kappa shape index (κ1) is 19.6. The van der Waals surface area contributed by atoms with Gasteiger partial charge in [-0.1, -0.05) is 12.1 Å². The number of furan rings is 1. The molecule has 1 amide bonds. The zero-order valence-electron chi connectivity index (χ0n) is 15.9. The van der Waals surface area contributed by atoms with Gasteiger partial charge in [0.25, 0.3) is 11.6 Å². The Balaban J connectivity index is 1.64. The minimum atomic E-state index is -0.452. The minimum absolute atomic E-state index is 0.0413. The molecule has 4 rings (SSSR count). The van der Waals surface area contributed by atoms with Gasteiger partial charge >= 0.3 is 0 Å². The summed E-state index contributed by atoms with van der Waals surface area (Å²) in [6.07, 6.45) is 4.91. The van der Waals surface area contributed by atoms with Crippen LogP contribution in [0.25, 0.3) is 17.4 Å². The number of para-hydroxylation sites is 1. The van der Waals surface area contributed by atoms with E-state index in [-0.39, 0.29) is 11.6 Å². The van der Waals surface area contributed by atoms with E-state index in [4.69, 9.17) is 4.42 Å². The summed E-state index contributed by atoms with van der Waals surface area (Å²) in [5, 5.41) is 11.8. The number of carbonyl (C=O) groups is 1. The van der Waals surface area contributed by atoms with Crippen LogP contribution in [0.5, 0.6) is 0 Å². The molecule has 3 aromatic rings. The van der Waals surface area contributed by atoms with Gasteiger partial charge in [0.05, 0.1) is 27.3 Å². The van der Waals surface area contributed by atoms with Crippen molar-refractivity contribution in [2.45, 2.75) is 6.92 Å². The van der Waals surface area contributed by atoms with Crippen molar-refractivity contribution >= 4 is 40.3 Å². The Morgan fingerprint density at radius 1 is 1.23 bits per heavy atom. The van der Waals surface area contributed by atoms with E-state index in [1.165, 1.54) is 17.8 Å². The summed E-state index contributed by atoms with van der Waals surface area (Å²) < 4.78 is 5.78. The molecule has 0 radical (unpaired) electrons. The first-order valence-electron chi connectivity index (χ1n) is 9.10. The molecule has 0 aliphatic carbocycles. The molecule has 1 aliphatic rings. The summed E-state index contributed by atoms with van der Waals surface area (Å²) in [4.78, 5) is 34.2. The minimum Gasteiger partial charge on any atom is -0.456 e. The maximum Gasteiger partial charge on any atom is 0.280 e. The summed E-state index contributed by atoms with van der Waals surface area (Å²) in [5.74, 6) is 0.618. The molecule has 150 valence electrons. The Kier molecular flexibility index (Phi) is 5.44. The van der Waals surface area contributed by atoms with Crippen LogP contribution < -0.4 is 0 Å². The SMILES string of the molecule is CCN1C(=O)/C(=C\c2ccc(-c3ccccc3[N+](=O)[O-])o2)SC1=Nc1cccnc1. The number of amidine groups is 1. The number of thioether (sulfide) groups is 1. The lowest BCUT2D eigenvalue weighted by Gasteiger charge is -2.11. The molecule has 0 saturated carbocycles. The number of pyridine rings is 1. The van der Waals surface area contributed by atoms with Crippen molar-refractivity contribution in [2.75, 3.05) is 6.54 Å². The molecule has 0 unspecified atom stereocenters. The third kappa shape index (κ3) is 3.87. The van der Waals surface area contributed by atoms with Crippen LogP contribution in [0.15, 0.2) is 75.2 Å². The molecule has 0 bridgehead atoms. The normalized spacial score (nSPS) is 16.6. The maximum absolute atomic E-state index is 12.8. The zero-order valence-corrected chi connectivity index (χ0v) is 16.7. The Labute approximate surface area is 176 Å². The molecule has 0 N–H and O–H groups in total. The Hall–Kier alpha value is -3.72. The lowest BCUT2D eigenvalue weighted by atomic mass is 10.1. The number of nitro benzene ring substituents is 1. The molecule has 2 aromatic heterocycles. The number of carbonyl (C=O) groups excluding carboxylic acids is 1. The summed E-state index contributed by atoms with van der Waals surface area (Å²) in [7, 11) is 0. The topological polar surface area (TPSA) is 102 Å². The molecule has 0 spiro atoms. The van der Waals surface area contributed by atoms with Crippen molar-refractivity contribution < 1.29 is 14.1 Å². The standard InChI is InChI=1S/C21H16N4O4S/c1-2-24-20(26)19(30-21(24)23-14-6-5-11-22-13-14)12-15-9-10-18(29-15)16-7-3-4-8-17(16)25(27)28/h3-13H,2H2,1H3/b19-12+,23-21?. The first-order chi connectivity index (χ1) is 14.6. The van der Waals surface area contributed by atoms with Gasteiger partial charge in [-0.25, -0.2) is 4.99 Å². The Bertz CT molecular complexity index is 1170. The largest absolute Gasteiger partial charge is 0.456 e. The molecular weight excluding hydrogens is 404 g/mol.